The zero-order valence-electron chi connectivity index (χ0n) is 15.7. The van der Waals surface area contributed by atoms with Crippen LogP contribution in [0.15, 0.2) is 30.0 Å². The van der Waals surface area contributed by atoms with Crippen LogP contribution in [0.2, 0.25) is 0 Å². The van der Waals surface area contributed by atoms with Gasteiger partial charge in [-0.25, -0.2) is 4.79 Å². The summed E-state index contributed by atoms with van der Waals surface area (Å²) in [5, 5.41) is 21.3. The molecular weight excluding hydrogens is 334 g/mol. The molecule has 1 aromatic heterocycles. The minimum Gasteiger partial charge on any atom is -0.467 e. The van der Waals surface area contributed by atoms with Crippen LogP contribution in [-0.4, -0.2) is 39.7 Å². The molecule has 1 heterocycles. The maximum Gasteiger partial charge on any atom is 0.346 e. The van der Waals surface area contributed by atoms with Gasteiger partial charge in [-0.15, -0.1) is 0 Å². The van der Waals surface area contributed by atoms with E-state index in [1.54, 1.807) is 6.08 Å². The number of ketones is 1. The molecule has 0 aromatic carbocycles. The van der Waals surface area contributed by atoms with E-state index in [4.69, 9.17) is 0 Å². The van der Waals surface area contributed by atoms with Crippen molar-refractivity contribution in [3.63, 3.8) is 0 Å². The van der Waals surface area contributed by atoms with Gasteiger partial charge in [-0.3, -0.25) is 9.78 Å². The zero-order chi connectivity index (χ0) is 19.7. The molecule has 0 spiro atoms. The molecular formula is C20H25NO5. The van der Waals surface area contributed by atoms with Crippen molar-refractivity contribution in [2.24, 2.45) is 5.92 Å². The van der Waals surface area contributed by atoms with E-state index in [0.29, 0.717) is 11.6 Å². The minimum absolute atomic E-state index is 0.00226. The fourth-order valence-electron chi connectivity index (χ4n) is 3.03. The summed E-state index contributed by atoms with van der Waals surface area (Å²) in [6.45, 7) is 7.29. The average molecular weight is 359 g/mol. The van der Waals surface area contributed by atoms with Gasteiger partial charge >= 0.3 is 5.97 Å². The van der Waals surface area contributed by atoms with Crippen LogP contribution < -0.4 is 0 Å². The summed E-state index contributed by atoms with van der Waals surface area (Å²) in [7, 11) is 1.09. The number of allylic oxidation sites excluding steroid dienone is 3. The first-order chi connectivity index (χ1) is 12.1. The van der Waals surface area contributed by atoms with Gasteiger partial charge in [-0.2, -0.15) is 0 Å². The van der Waals surface area contributed by atoms with Crippen molar-refractivity contribution in [1.82, 2.24) is 4.98 Å². The smallest absolute Gasteiger partial charge is 0.346 e. The Bertz CT molecular complexity index is 793. The van der Waals surface area contributed by atoms with Crippen molar-refractivity contribution in [2.75, 3.05) is 7.11 Å². The number of fused-ring (bicyclic) bond motifs is 1. The minimum atomic E-state index is -2.47. The molecule has 0 radical (unpaired) electrons. The summed E-state index contributed by atoms with van der Waals surface area (Å²) >= 11 is 0. The predicted octanol–water partition coefficient (Wildman–Crippen LogP) is 2.40. The van der Waals surface area contributed by atoms with E-state index >= 15 is 0 Å². The number of pyridine rings is 1. The Morgan fingerprint density at radius 1 is 1.42 bits per heavy atom. The lowest BCUT2D eigenvalue weighted by molar-refractivity contribution is -0.184. The summed E-state index contributed by atoms with van der Waals surface area (Å²) in [4.78, 5) is 28.7. The molecule has 1 aliphatic carbocycles. The maximum atomic E-state index is 12.4. The van der Waals surface area contributed by atoms with Gasteiger partial charge in [0.15, 0.2) is 11.4 Å². The van der Waals surface area contributed by atoms with Crippen LogP contribution in [0.25, 0.3) is 6.08 Å². The highest BCUT2D eigenvalue weighted by Crippen LogP contribution is 2.45. The molecule has 0 saturated heterocycles. The molecule has 140 valence electrons. The van der Waals surface area contributed by atoms with Crippen LogP contribution in [-0.2, 0) is 15.1 Å². The van der Waals surface area contributed by atoms with Crippen molar-refractivity contribution < 1.29 is 24.5 Å². The van der Waals surface area contributed by atoms with Crippen molar-refractivity contribution in [3.8, 4) is 0 Å². The van der Waals surface area contributed by atoms with Crippen molar-refractivity contribution in [3.05, 3.63) is 46.8 Å². The molecule has 0 amide bonds. The molecule has 0 aliphatic heterocycles. The van der Waals surface area contributed by atoms with Gasteiger partial charge in [0.1, 0.15) is 0 Å². The number of ether oxygens (including phenoxy) is 1. The van der Waals surface area contributed by atoms with Gasteiger partial charge in [0.2, 0.25) is 5.60 Å². The first-order valence-corrected chi connectivity index (χ1v) is 8.54. The highest BCUT2D eigenvalue weighted by molar-refractivity contribution is 6.13. The average Bonchev–Trinajstić information content (AvgIpc) is 2.77. The van der Waals surface area contributed by atoms with Crippen LogP contribution in [0.3, 0.4) is 0 Å². The monoisotopic (exact) mass is 359 g/mol. The lowest BCUT2D eigenvalue weighted by atomic mass is 9.84. The normalized spacial score (nSPS) is 26.9. The fraction of sp³-hybridized carbons (Fsp3) is 0.450. The summed E-state index contributed by atoms with van der Waals surface area (Å²) < 4.78 is 4.62. The van der Waals surface area contributed by atoms with Gasteiger partial charge < -0.3 is 14.9 Å². The summed E-state index contributed by atoms with van der Waals surface area (Å²) in [6.07, 6.45) is 8.02. The third kappa shape index (κ3) is 3.10. The molecule has 26 heavy (non-hydrogen) atoms. The third-order valence-corrected chi connectivity index (χ3v) is 4.90. The standard InChI is InChI=1S/C20H25NO5/c1-6-12(2)9-13(3)7-8-14-10-16-15(11-21-14)17(22)19(4,24)20(16,25)18(23)26-5/h7-12,24-25H,6H2,1-5H3/b8-7+,13-9+/t12-,19+,20-/m0/s1. The molecule has 1 aromatic rings. The SMILES string of the molecule is CC[C@H](C)/C=C(C)/C=C/c1cc2c(cn1)C(=O)[C@@](C)(O)[C@@]2(O)C(=O)OC. The molecule has 2 N–H and O–H groups in total. The second-order valence-electron chi connectivity index (χ2n) is 6.89. The number of aromatic nitrogens is 1. The van der Waals surface area contributed by atoms with E-state index in [0.717, 1.165) is 26.0 Å². The quantitative estimate of drug-likeness (QED) is 0.619. The van der Waals surface area contributed by atoms with E-state index in [9.17, 15) is 19.8 Å². The summed E-state index contributed by atoms with van der Waals surface area (Å²) in [5.74, 6) is -1.41. The van der Waals surface area contributed by atoms with Gasteiger partial charge in [0.25, 0.3) is 0 Å². The van der Waals surface area contributed by atoms with Crippen LogP contribution >= 0.6 is 0 Å². The molecule has 2 rings (SSSR count). The fourth-order valence-corrected chi connectivity index (χ4v) is 3.03. The first kappa shape index (κ1) is 20.0. The van der Waals surface area contributed by atoms with Crippen LogP contribution in [0.5, 0.6) is 0 Å². The number of methoxy groups -OCH3 is 1. The molecule has 0 fully saturated rings. The lowest BCUT2D eigenvalue weighted by Crippen LogP contribution is -2.55. The van der Waals surface area contributed by atoms with Crippen molar-refractivity contribution in [2.45, 2.75) is 45.3 Å². The Hall–Kier alpha value is -2.31. The largest absolute Gasteiger partial charge is 0.467 e. The molecule has 0 unspecified atom stereocenters. The maximum absolute atomic E-state index is 12.4. The number of hydrogen-bond donors (Lipinski definition) is 2. The number of aliphatic hydroxyl groups is 2. The summed E-state index contributed by atoms with van der Waals surface area (Å²) in [6, 6.07) is 1.43. The van der Waals surface area contributed by atoms with Crippen molar-refractivity contribution in [1.29, 1.82) is 0 Å². The number of rotatable bonds is 5. The van der Waals surface area contributed by atoms with E-state index in [1.807, 2.05) is 13.0 Å². The highest BCUT2D eigenvalue weighted by Gasteiger charge is 2.65. The van der Waals surface area contributed by atoms with Crippen LogP contribution in [0.4, 0.5) is 0 Å². The zero-order valence-corrected chi connectivity index (χ0v) is 15.7. The van der Waals surface area contributed by atoms with E-state index in [-0.39, 0.29) is 11.1 Å². The van der Waals surface area contributed by atoms with Gasteiger partial charge in [0, 0.05) is 17.3 Å². The van der Waals surface area contributed by atoms with Gasteiger partial charge in [-0.1, -0.05) is 38.0 Å². The Kier molecular flexibility index (Phi) is 5.49. The van der Waals surface area contributed by atoms with E-state index in [1.165, 1.54) is 12.3 Å². The van der Waals surface area contributed by atoms with Crippen molar-refractivity contribution >= 4 is 17.8 Å². The van der Waals surface area contributed by atoms with Crippen LogP contribution in [0.1, 0.15) is 55.7 Å². The third-order valence-electron chi connectivity index (χ3n) is 4.90. The summed E-state index contributed by atoms with van der Waals surface area (Å²) in [5.41, 5.74) is -3.29. The molecule has 6 nitrogen and oxygen atoms in total. The number of Topliss-reactive ketones (excluding diaryl/α,β-unsaturated/α-hetero) is 1. The molecule has 0 bridgehead atoms. The second-order valence-corrected chi connectivity index (χ2v) is 6.89. The Balaban J connectivity index is 2.48. The number of hydrogen-bond acceptors (Lipinski definition) is 6. The van der Waals surface area contributed by atoms with Gasteiger partial charge in [0.05, 0.1) is 12.8 Å². The Morgan fingerprint density at radius 2 is 2.08 bits per heavy atom. The molecule has 0 saturated carbocycles. The predicted molar refractivity (Wildman–Crippen MR) is 97.4 cm³/mol. The number of carbonyl (C=O) groups is 2. The van der Waals surface area contributed by atoms with E-state index in [2.05, 4.69) is 29.6 Å². The van der Waals surface area contributed by atoms with E-state index < -0.39 is 23.0 Å². The highest BCUT2D eigenvalue weighted by atomic mass is 16.5. The molecule has 6 heteroatoms. The number of nitrogens with zero attached hydrogens (tertiary/aromatic N) is 1. The topological polar surface area (TPSA) is 96.7 Å². The number of esters is 1. The van der Waals surface area contributed by atoms with Crippen LogP contribution in [0, 0.1) is 5.92 Å². The lowest BCUT2D eigenvalue weighted by Gasteiger charge is -2.31. The molecule has 1 aliphatic rings. The molecule has 3 atom stereocenters. The number of carbonyl (C=O) groups excluding carboxylic acids is 2. The second kappa shape index (κ2) is 7.13. The van der Waals surface area contributed by atoms with Gasteiger partial charge in [-0.05, 0) is 31.9 Å². The first-order valence-electron chi connectivity index (χ1n) is 8.54. The Labute approximate surface area is 153 Å². The Morgan fingerprint density at radius 3 is 2.65 bits per heavy atom.